The van der Waals surface area contributed by atoms with E-state index in [1.165, 1.54) is 18.2 Å². The molecule has 1 saturated heterocycles. The third-order valence-corrected chi connectivity index (χ3v) is 4.39. The molecule has 1 fully saturated rings. The molecule has 1 aromatic heterocycles. The van der Waals surface area contributed by atoms with Gasteiger partial charge in [-0.3, -0.25) is 0 Å². The summed E-state index contributed by atoms with van der Waals surface area (Å²) in [5.74, 6) is 0.0639. The van der Waals surface area contributed by atoms with Crippen molar-refractivity contribution in [1.82, 2.24) is 14.9 Å². The molecule has 0 radical (unpaired) electrons. The molecule has 0 aliphatic carbocycles. The first-order valence-corrected chi connectivity index (χ1v) is 8.34. The molecule has 0 atom stereocenters. The van der Waals surface area contributed by atoms with E-state index < -0.39 is 11.9 Å². The predicted molar refractivity (Wildman–Crippen MR) is 92.2 cm³/mol. The maximum Gasteiger partial charge on any atom is 0.433 e. The highest BCUT2D eigenvalue weighted by Crippen LogP contribution is 2.33. The Kier molecular flexibility index (Phi) is 5.09. The van der Waals surface area contributed by atoms with Crippen LogP contribution >= 0.6 is 23.2 Å². The Balaban J connectivity index is 2.07. The Morgan fingerprint density at radius 2 is 1.52 bits per heavy atom. The average Bonchev–Trinajstić information content (AvgIpc) is 2.53. The minimum Gasteiger partial charge on any atom is -0.338 e. The van der Waals surface area contributed by atoms with E-state index in [-0.39, 0.29) is 11.6 Å². The SMILES string of the molecule is CN1CCN(c2nc(-c3cc(Cl)cc(Cl)c3)cc(C(F)(F)F)n2)CC1. The zero-order chi connectivity index (χ0) is 18.2. The standard InChI is InChI=1S/C16H15Cl2F3N4/c1-24-2-4-25(5-3-24)15-22-13(9-14(23-15)16(19,20)21)10-6-11(17)8-12(18)7-10/h6-9H,2-5H2,1H3. The minimum absolute atomic E-state index is 0.0639. The van der Waals surface area contributed by atoms with E-state index in [4.69, 9.17) is 23.2 Å². The summed E-state index contributed by atoms with van der Waals surface area (Å²) in [6, 6.07) is 5.49. The molecule has 3 rings (SSSR count). The van der Waals surface area contributed by atoms with Gasteiger partial charge in [-0.2, -0.15) is 13.2 Å². The Labute approximate surface area is 153 Å². The largest absolute Gasteiger partial charge is 0.433 e. The van der Waals surface area contributed by atoms with Crippen LogP contribution in [0.2, 0.25) is 10.0 Å². The number of aromatic nitrogens is 2. The molecule has 134 valence electrons. The lowest BCUT2D eigenvalue weighted by Crippen LogP contribution is -2.45. The second-order valence-electron chi connectivity index (χ2n) is 5.88. The van der Waals surface area contributed by atoms with Gasteiger partial charge in [-0.1, -0.05) is 23.2 Å². The van der Waals surface area contributed by atoms with Crippen LogP contribution in [0.15, 0.2) is 24.3 Å². The summed E-state index contributed by atoms with van der Waals surface area (Å²) in [5, 5.41) is 0.659. The molecular weight excluding hydrogens is 376 g/mol. The molecule has 1 aromatic carbocycles. The van der Waals surface area contributed by atoms with E-state index in [2.05, 4.69) is 14.9 Å². The van der Waals surface area contributed by atoms with Crippen molar-refractivity contribution in [3.8, 4) is 11.3 Å². The zero-order valence-corrected chi connectivity index (χ0v) is 14.8. The lowest BCUT2D eigenvalue weighted by atomic mass is 10.1. The number of piperazine rings is 1. The third kappa shape index (κ3) is 4.34. The highest BCUT2D eigenvalue weighted by molar-refractivity contribution is 6.35. The smallest absolute Gasteiger partial charge is 0.338 e. The first kappa shape index (κ1) is 18.2. The lowest BCUT2D eigenvalue weighted by molar-refractivity contribution is -0.141. The van der Waals surface area contributed by atoms with Gasteiger partial charge in [0.1, 0.15) is 0 Å². The van der Waals surface area contributed by atoms with E-state index in [9.17, 15) is 13.2 Å². The van der Waals surface area contributed by atoms with Crippen molar-refractivity contribution in [3.63, 3.8) is 0 Å². The molecule has 0 unspecified atom stereocenters. The second kappa shape index (κ2) is 6.97. The van der Waals surface area contributed by atoms with Crippen molar-refractivity contribution in [3.05, 3.63) is 40.0 Å². The van der Waals surface area contributed by atoms with E-state index in [0.717, 1.165) is 19.2 Å². The number of likely N-dealkylation sites (N-methyl/N-ethyl adjacent to an activating group) is 1. The van der Waals surface area contributed by atoms with Crippen molar-refractivity contribution in [2.75, 3.05) is 38.1 Å². The number of rotatable bonds is 2. The predicted octanol–water partition coefficient (Wildman–Crippen LogP) is 4.22. The van der Waals surface area contributed by atoms with Crippen LogP contribution in [0, 0.1) is 0 Å². The van der Waals surface area contributed by atoms with Crippen molar-refractivity contribution in [1.29, 1.82) is 0 Å². The Morgan fingerprint density at radius 3 is 2.08 bits per heavy atom. The molecule has 25 heavy (non-hydrogen) atoms. The number of hydrogen-bond acceptors (Lipinski definition) is 4. The molecular formula is C16H15Cl2F3N4. The first-order valence-electron chi connectivity index (χ1n) is 7.58. The third-order valence-electron chi connectivity index (χ3n) is 3.95. The van der Waals surface area contributed by atoms with Gasteiger partial charge in [-0.05, 0) is 31.3 Å². The maximum absolute atomic E-state index is 13.3. The quantitative estimate of drug-likeness (QED) is 0.768. The van der Waals surface area contributed by atoms with Crippen LogP contribution in [0.1, 0.15) is 5.69 Å². The molecule has 1 aliphatic rings. The summed E-state index contributed by atoms with van der Waals surface area (Å²) < 4.78 is 39.8. The van der Waals surface area contributed by atoms with E-state index in [1.807, 2.05) is 7.05 Å². The van der Waals surface area contributed by atoms with Crippen LogP contribution in [-0.4, -0.2) is 48.1 Å². The fourth-order valence-electron chi connectivity index (χ4n) is 2.58. The number of halogens is 5. The highest BCUT2D eigenvalue weighted by atomic mass is 35.5. The van der Waals surface area contributed by atoms with Gasteiger partial charge >= 0.3 is 6.18 Å². The monoisotopic (exact) mass is 390 g/mol. The zero-order valence-electron chi connectivity index (χ0n) is 13.3. The number of benzene rings is 1. The Hall–Kier alpha value is -1.57. The number of nitrogens with zero attached hydrogens (tertiary/aromatic N) is 4. The average molecular weight is 391 g/mol. The van der Waals surface area contributed by atoms with Crippen LogP contribution in [-0.2, 0) is 6.18 Å². The summed E-state index contributed by atoms with van der Waals surface area (Å²) in [6.07, 6.45) is -4.57. The lowest BCUT2D eigenvalue weighted by Gasteiger charge is -2.32. The van der Waals surface area contributed by atoms with Gasteiger partial charge < -0.3 is 9.80 Å². The maximum atomic E-state index is 13.3. The summed E-state index contributed by atoms with van der Waals surface area (Å²) in [5.41, 5.74) is -0.427. The summed E-state index contributed by atoms with van der Waals surface area (Å²) in [6.45, 7) is 2.59. The fraction of sp³-hybridized carbons (Fsp3) is 0.375. The van der Waals surface area contributed by atoms with Crippen molar-refractivity contribution < 1.29 is 13.2 Å². The van der Waals surface area contributed by atoms with Crippen LogP contribution in [0.5, 0.6) is 0 Å². The van der Waals surface area contributed by atoms with Crippen molar-refractivity contribution in [2.24, 2.45) is 0 Å². The molecule has 0 spiro atoms. The molecule has 0 bridgehead atoms. The molecule has 2 heterocycles. The minimum atomic E-state index is -4.57. The normalized spacial score (nSPS) is 16.3. The van der Waals surface area contributed by atoms with Gasteiger partial charge in [0.2, 0.25) is 5.95 Å². The fourth-order valence-corrected chi connectivity index (χ4v) is 3.10. The summed E-state index contributed by atoms with van der Waals surface area (Å²) in [4.78, 5) is 11.9. The van der Waals surface area contributed by atoms with Gasteiger partial charge in [0.15, 0.2) is 5.69 Å². The number of anilines is 1. The number of alkyl halides is 3. The van der Waals surface area contributed by atoms with Crippen LogP contribution in [0.4, 0.5) is 19.1 Å². The van der Waals surface area contributed by atoms with Gasteiger partial charge in [0.25, 0.3) is 0 Å². The summed E-state index contributed by atoms with van der Waals surface area (Å²) in [7, 11) is 1.96. The molecule has 1 aliphatic heterocycles. The van der Waals surface area contributed by atoms with Gasteiger partial charge in [0, 0.05) is 41.8 Å². The van der Waals surface area contributed by atoms with Gasteiger partial charge in [0.05, 0.1) is 5.69 Å². The van der Waals surface area contributed by atoms with Crippen molar-refractivity contribution >= 4 is 29.2 Å². The highest BCUT2D eigenvalue weighted by Gasteiger charge is 2.34. The first-order chi connectivity index (χ1) is 11.7. The van der Waals surface area contributed by atoms with Gasteiger partial charge in [-0.25, -0.2) is 9.97 Å². The summed E-state index contributed by atoms with van der Waals surface area (Å²) >= 11 is 11.9. The topological polar surface area (TPSA) is 32.3 Å². The molecule has 9 heteroatoms. The Bertz CT molecular complexity index is 754. The second-order valence-corrected chi connectivity index (χ2v) is 6.76. The molecule has 0 saturated carbocycles. The molecule has 2 aromatic rings. The molecule has 0 N–H and O–H groups in total. The molecule has 0 amide bonds. The van der Waals surface area contributed by atoms with Crippen LogP contribution in [0.3, 0.4) is 0 Å². The van der Waals surface area contributed by atoms with Crippen LogP contribution < -0.4 is 4.90 Å². The Morgan fingerprint density at radius 1 is 0.920 bits per heavy atom. The van der Waals surface area contributed by atoms with Gasteiger partial charge in [-0.15, -0.1) is 0 Å². The van der Waals surface area contributed by atoms with E-state index in [1.54, 1.807) is 4.90 Å². The van der Waals surface area contributed by atoms with Crippen molar-refractivity contribution in [2.45, 2.75) is 6.18 Å². The number of hydrogen-bond donors (Lipinski definition) is 0. The van der Waals surface area contributed by atoms with E-state index >= 15 is 0 Å². The molecule has 4 nitrogen and oxygen atoms in total. The van der Waals surface area contributed by atoms with Crippen LogP contribution in [0.25, 0.3) is 11.3 Å². The van der Waals surface area contributed by atoms with E-state index in [0.29, 0.717) is 28.7 Å².